The van der Waals surface area contributed by atoms with Crippen molar-refractivity contribution >= 4 is 46.0 Å². The number of carbonyl (C=O) groups excluding carboxylic acids is 2. The highest BCUT2D eigenvalue weighted by atomic mass is 35.5. The van der Waals surface area contributed by atoms with Gasteiger partial charge in [-0.05, 0) is 18.2 Å². The number of hydrogen-bond acceptors (Lipinski definition) is 6. The Morgan fingerprint density at radius 3 is 2.61 bits per heavy atom. The number of pyridine rings is 1. The van der Waals surface area contributed by atoms with Crippen molar-refractivity contribution < 1.29 is 9.59 Å². The zero-order valence-corrected chi connectivity index (χ0v) is 18.1. The van der Waals surface area contributed by atoms with E-state index in [-0.39, 0.29) is 36.4 Å². The highest BCUT2D eigenvalue weighted by Crippen LogP contribution is 2.36. The molecule has 1 unspecified atom stereocenters. The Labute approximate surface area is 194 Å². The standard InChI is InChI=1S/C24H19ClN6O2/c25-17-10-15(9-14-7-4-8-27-19(14)17)21-20(13-5-2-1-3-6-13)29-22(26)23(30-21)31-24(33)16-11-18(32)28-12-16/h1-10,16H,11-12H2,(H2,26,29)(H,28,32)(H,30,31,33). The minimum atomic E-state index is -0.489. The molecule has 4 N–H and O–H groups in total. The number of carbonyl (C=O) groups is 2. The number of amides is 2. The Morgan fingerprint density at radius 1 is 1.06 bits per heavy atom. The van der Waals surface area contributed by atoms with E-state index in [1.54, 1.807) is 12.3 Å². The average molecular weight is 459 g/mol. The molecule has 0 saturated carbocycles. The SMILES string of the molecule is Nc1nc(-c2ccccc2)c(-c2cc(Cl)c3ncccc3c2)nc1NC(=O)C1CNC(=O)C1. The minimum Gasteiger partial charge on any atom is -0.381 e. The summed E-state index contributed by atoms with van der Waals surface area (Å²) in [5.74, 6) is -0.771. The second kappa shape index (κ2) is 8.48. The number of nitrogens with two attached hydrogens (primary N) is 1. The van der Waals surface area contributed by atoms with Crippen molar-refractivity contribution in [3.05, 3.63) is 65.8 Å². The average Bonchev–Trinajstić information content (AvgIpc) is 3.27. The first-order valence-electron chi connectivity index (χ1n) is 10.3. The summed E-state index contributed by atoms with van der Waals surface area (Å²) < 4.78 is 0. The fourth-order valence-corrected chi connectivity index (χ4v) is 4.11. The first-order valence-corrected chi connectivity index (χ1v) is 10.7. The van der Waals surface area contributed by atoms with Crippen molar-refractivity contribution in [3.8, 4) is 22.5 Å². The van der Waals surface area contributed by atoms with Crippen LogP contribution in [0.1, 0.15) is 6.42 Å². The third kappa shape index (κ3) is 4.08. The van der Waals surface area contributed by atoms with Gasteiger partial charge in [-0.25, -0.2) is 9.97 Å². The summed E-state index contributed by atoms with van der Waals surface area (Å²) in [7, 11) is 0. The zero-order valence-electron chi connectivity index (χ0n) is 17.4. The molecule has 1 saturated heterocycles. The summed E-state index contributed by atoms with van der Waals surface area (Å²) in [6, 6.07) is 17.0. The maximum absolute atomic E-state index is 12.7. The highest BCUT2D eigenvalue weighted by Gasteiger charge is 2.29. The monoisotopic (exact) mass is 458 g/mol. The van der Waals surface area contributed by atoms with Crippen molar-refractivity contribution in [1.29, 1.82) is 0 Å². The zero-order chi connectivity index (χ0) is 22.9. The molecule has 2 aromatic carbocycles. The Kier molecular flexibility index (Phi) is 5.35. The van der Waals surface area contributed by atoms with Gasteiger partial charge in [0.05, 0.1) is 27.8 Å². The fraction of sp³-hybridized carbons (Fsp3) is 0.125. The van der Waals surface area contributed by atoms with E-state index >= 15 is 0 Å². The second-order valence-corrected chi connectivity index (χ2v) is 8.16. The molecule has 0 bridgehead atoms. The van der Waals surface area contributed by atoms with Gasteiger partial charge >= 0.3 is 0 Å². The van der Waals surface area contributed by atoms with Crippen molar-refractivity contribution in [2.45, 2.75) is 6.42 Å². The van der Waals surface area contributed by atoms with Gasteiger partial charge in [-0.1, -0.05) is 48.0 Å². The summed E-state index contributed by atoms with van der Waals surface area (Å²) in [5, 5.41) is 6.71. The van der Waals surface area contributed by atoms with Crippen LogP contribution in [0.3, 0.4) is 0 Å². The number of rotatable bonds is 4. The lowest BCUT2D eigenvalue weighted by molar-refractivity contribution is -0.123. The van der Waals surface area contributed by atoms with Crippen LogP contribution < -0.4 is 16.4 Å². The predicted octanol–water partition coefficient (Wildman–Crippen LogP) is 3.67. The smallest absolute Gasteiger partial charge is 0.231 e. The molecular formula is C24H19ClN6O2. The number of nitrogens with one attached hydrogen (secondary N) is 2. The van der Waals surface area contributed by atoms with Gasteiger partial charge in [0.1, 0.15) is 0 Å². The topological polar surface area (TPSA) is 123 Å². The molecule has 1 fully saturated rings. The minimum absolute atomic E-state index is 0.0804. The Morgan fingerprint density at radius 2 is 1.85 bits per heavy atom. The van der Waals surface area contributed by atoms with Gasteiger partial charge < -0.3 is 16.4 Å². The molecule has 0 radical (unpaired) electrons. The van der Waals surface area contributed by atoms with Crippen LogP contribution in [0.4, 0.5) is 11.6 Å². The maximum atomic E-state index is 12.7. The van der Waals surface area contributed by atoms with Crippen LogP contribution >= 0.6 is 11.6 Å². The van der Waals surface area contributed by atoms with Crippen LogP contribution in [-0.4, -0.2) is 33.3 Å². The predicted molar refractivity (Wildman–Crippen MR) is 127 cm³/mol. The number of nitrogens with zero attached hydrogens (tertiary/aromatic N) is 3. The Balaban J connectivity index is 1.64. The molecule has 2 amide bonds. The van der Waals surface area contributed by atoms with Crippen LogP contribution in [0.5, 0.6) is 0 Å². The van der Waals surface area contributed by atoms with Crippen molar-refractivity contribution in [3.63, 3.8) is 0 Å². The van der Waals surface area contributed by atoms with Crippen molar-refractivity contribution in [2.75, 3.05) is 17.6 Å². The molecule has 4 aromatic rings. The van der Waals surface area contributed by atoms with E-state index < -0.39 is 5.92 Å². The van der Waals surface area contributed by atoms with Gasteiger partial charge in [0.2, 0.25) is 11.8 Å². The first-order chi connectivity index (χ1) is 16.0. The van der Waals surface area contributed by atoms with Crippen LogP contribution in [0, 0.1) is 5.92 Å². The molecule has 2 aromatic heterocycles. The van der Waals surface area contributed by atoms with E-state index in [1.807, 2.05) is 48.5 Å². The van der Waals surface area contributed by atoms with Crippen LogP contribution in [0.2, 0.25) is 5.02 Å². The van der Waals surface area contributed by atoms with Crippen LogP contribution in [0.25, 0.3) is 33.4 Å². The molecule has 5 rings (SSSR count). The molecule has 9 heteroatoms. The van der Waals surface area contributed by atoms with Gasteiger partial charge in [-0.3, -0.25) is 14.6 Å². The second-order valence-electron chi connectivity index (χ2n) is 7.75. The molecule has 1 aliphatic heterocycles. The Bertz CT molecular complexity index is 1390. The van der Waals surface area contributed by atoms with Crippen molar-refractivity contribution in [2.24, 2.45) is 5.92 Å². The molecule has 0 aliphatic carbocycles. The maximum Gasteiger partial charge on any atom is 0.231 e. The summed E-state index contributed by atoms with van der Waals surface area (Å²) in [6.07, 6.45) is 1.81. The fourth-order valence-electron chi connectivity index (χ4n) is 3.83. The largest absolute Gasteiger partial charge is 0.381 e. The number of fused-ring (bicyclic) bond motifs is 1. The lowest BCUT2D eigenvalue weighted by Crippen LogP contribution is -2.26. The van der Waals surface area contributed by atoms with Gasteiger partial charge in [0.25, 0.3) is 0 Å². The summed E-state index contributed by atoms with van der Waals surface area (Å²) in [5.41, 5.74) is 9.47. The number of hydrogen-bond donors (Lipinski definition) is 3. The van der Waals surface area contributed by atoms with Crippen molar-refractivity contribution in [1.82, 2.24) is 20.3 Å². The van der Waals surface area contributed by atoms with E-state index in [1.165, 1.54) is 0 Å². The molecular weight excluding hydrogens is 440 g/mol. The van der Waals surface area contributed by atoms with E-state index in [4.69, 9.17) is 22.3 Å². The number of halogens is 1. The molecule has 8 nitrogen and oxygen atoms in total. The number of anilines is 2. The number of nitrogen functional groups attached to an aromatic ring is 1. The quantitative estimate of drug-likeness (QED) is 0.428. The molecule has 164 valence electrons. The highest BCUT2D eigenvalue weighted by molar-refractivity contribution is 6.35. The molecule has 3 heterocycles. The lowest BCUT2D eigenvalue weighted by atomic mass is 10.0. The first kappa shape index (κ1) is 20.8. The van der Waals surface area contributed by atoms with Crippen LogP contribution in [0.15, 0.2) is 60.8 Å². The van der Waals surface area contributed by atoms with E-state index in [2.05, 4.69) is 20.6 Å². The summed E-state index contributed by atoms with van der Waals surface area (Å²) >= 11 is 6.52. The van der Waals surface area contributed by atoms with Gasteiger partial charge in [-0.2, -0.15) is 0 Å². The number of benzene rings is 2. The van der Waals surface area contributed by atoms with Crippen LogP contribution in [-0.2, 0) is 9.59 Å². The molecule has 0 spiro atoms. The van der Waals surface area contributed by atoms with Gasteiger partial charge in [0.15, 0.2) is 11.6 Å². The van der Waals surface area contributed by atoms with Gasteiger partial charge in [0, 0.05) is 35.7 Å². The third-order valence-corrected chi connectivity index (χ3v) is 5.78. The normalized spacial score (nSPS) is 15.4. The Hall–Kier alpha value is -4.04. The lowest BCUT2D eigenvalue weighted by Gasteiger charge is -2.15. The van der Waals surface area contributed by atoms with E-state index in [0.717, 1.165) is 10.9 Å². The van der Waals surface area contributed by atoms with E-state index in [9.17, 15) is 9.59 Å². The van der Waals surface area contributed by atoms with E-state index in [0.29, 0.717) is 27.5 Å². The number of aromatic nitrogens is 3. The molecule has 1 atom stereocenters. The molecule has 1 aliphatic rings. The summed E-state index contributed by atoms with van der Waals surface area (Å²) in [4.78, 5) is 37.8. The molecule has 33 heavy (non-hydrogen) atoms. The third-order valence-electron chi connectivity index (χ3n) is 5.49. The van der Waals surface area contributed by atoms with Gasteiger partial charge in [-0.15, -0.1) is 0 Å². The summed E-state index contributed by atoms with van der Waals surface area (Å²) in [6.45, 7) is 0.278.